The molecule has 1 aromatic carbocycles. The summed E-state index contributed by atoms with van der Waals surface area (Å²) in [5, 5.41) is 8.24. The highest BCUT2D eigenvalue weighted by Gasteiger charge is 2.22. The molecule has 1 amide bonds. The first-order chi connectivity index (χ1) is 13.1. The van der Waals surface area contributed by atoms with Gasteiger partial charge in [-0.1, -0.05) is 18.2 Å². The van der Waals surface area contributed by atoms with Gasteiger partial charge in [-0.3, -0.25) is 14.4 Å². The highest BCUT2D eigenvalue weighted by molar-refractivity contribution is 5.93. The van der Waals surface area contributed by atoms with Crippen molar-refractivity contribution in [3.05, 3.63) is 42.4 Å². The van der Waals surface area contributed by atoms with Gasteiger partial charge in [0.05, 0.1) is 18.1 Å². The van der Waals surface area contributed by atoms with Crippen molar-refractivity contribution in [2.24, 2.45) is 7.05 Å². The minimum Gasteiger partial charge on any atom is -0.353 e. The van der Waals surface area contributed by atoms with Crippen LogP contribution in [0.1, 0.15) is 5.56 Å². The lowest BCUT2D eigenvalue weighted by atomic mass is 10.2. The highest BCUT2D eigenvalue weighted by Crippen LogP contribution is 2.23. The van der Waals surface area contributed by atoms with Crippen molar-refractivity contribution in [1.82, 2.24) is 24.6 Å². The van der Waals surface area contributed by atoms with E-state index in [1.807, 2.05) is 44.4 Å². The van der Waals surface area contributed by atoms with E-state index in [0.29, 0.717) is 6.54 Å². The van der Waals surface area contributed by atoms with E-state index in [-0.39, 0.29) is 5.91 Å². The molecule has 0 spiro atoms. The van der Waals surface area contributed by atoms with E-state index < -0.39 is 0 Å². The molecule has 0 atom stereocenters. The number of carbonyl (C=O) groups excluding carboxylic acids is 1. The summed E-state index contributed by atoms with van der Waals surface area (Å²) in [6.45, 7) is 5.65. The molecule has 1 fully saturated rings. The zero-order valence-corrected chi connectivity index (χ0v) is 15.6. The second-order valence-electron chi connectivity index (χ2n) is 6.83. The lowest BCUT2D eigenvalue weighted by molar-refractivity contribution is -0.117. The summed E-state index contributed by atoms with van der Waals surface area (Å²) in [5.74, 6) is 0.937. The molecule has 8 heteroatoms. The molecule has 140 valence electrons. The van der Waals surface area contributed by atoms with Gasteiger partial charge in [-0.25, -0.2) is 9.97 Å². The number of rotatable bonds is 4. The summed E-state index contributed by atoms with van der Waals surface area (Å²) in [5.41, 5.74) is 2.78. The molecule has 3 heterocycles. The molecule has 4 rings (SSSR count). The van der Waals surface area contributed by atoms with Gasteiger partial charge < -0.3 is 10.2 Å². The molecule has 27 heavy (non-hydrogen) atoms. The van der Waals surface area contributed by atoms with Crippen LogP contribution in [0.3, 0.4) is 0 Å². The number of piperazine rings is 1. The van der Waals surface area contributed by atoms with Gasteiger partial charge in [-0.05, 0) is 18.6 Å². The Kier molecular flexibility index (Phi) is 4.72. The Labute approximate surface area is 157 Å². The van der Waals surface area contributed by atoms with Crippen LogP contribution >= 0.6 is 0 Å². The Balaban J connectivity index is 1.36. The molecule has 1 aliphatic rings. The molecular formula is C19H23N7O. The number of benzene rings is 1. The van der Waals surface area contributed by atoms with E-state index in [4.69, 9.17) is 0 Å². The molecule has 2 aromatic heterocycles. The first kappa shape index (κ1) is 17.4. The van der Waals surface area contributed by atoms with Crippen molar-refractivity contribution in [3.8, 4) is 0 Å². The van der Waals surface area contributed by atoms with E-state index in [9.17, 15) is 4.79 Å². The van der Waals surface area contributed by atoms with Gasteiger partial charge in [0.2, 0.25) is 5.91 Å². The molecule has 0 aliphatic carbocycles. The Bertz CT molecular complexity index is 960. The van der Waals surface area contributed by atoms with Crippen LogP contribution in [0.25, 0.3) is 11.0 Å². The number of anilines is 2. The van der Waals surface area contributed by atoms with Crippen LogP contribution in [-0.4, -0.2) is 63.3 Å². The van der Waals surface area contributed by atoms with Crippen molar-refractivity contribution < 1.29 is 4.79 Å². The molecule has 1 aliphatic heterocycles. The molecule has 0 bridgehead atoms. The number of hydrogen-bond acceptors (Lipinski definition) is 6. The van der Waals surface area contributed by atoms with Crippen molar-refractivity contribution in [3.63, 3.8) is 0 Å². The third-order valence-electron chi connectivity index (χ3n) is 4.97. The average molecular weight is 365 g/mol. The van der Waals surface area contributed by atoms with Gasteiger partial charge in [0, 0.05) is 38.9 Å². The molecule has 1 saturated heterocycles. The van der Waals surface area contributed by atoms with Gasteiger partial charge in [-0.15, -0.1) is 0 Å². The molecule has 0 saturated carbocycles. The molecular weight excluding hydrogens is 342 g/mol. The zero-order chi connectivity index (χ0) is 18.8. The summed E-state index contributed by atoms with van der Waals surface area (Å²) in [7, 11) is 1.88. The summed E-state index contributed by atoms with van der Waals surface area (Å²) in [6.07, 6.45) is 3.40. The van der Waals surface area contributed by atoms with Crippen LogP contribution in [0.5, 0.6) is 0 Å². The van der Waals surface area contributed by atoms with Gasteiger partial charge in [0.15, 0.2) is 5.65 Å². The first-order valence-corrected chi connectivity index (χ1v) is 9.07. The molecule has 8 nitrogen and oxygen atoms in total. The number of aryl methyl sites for hydroxylation is 2. The maximum atomic E-state index is 12.4. The SMILES string of the molecule is Cc1ccccc1NC(=O)CN1CCN(c2ncnc3c2cnn3C)CC1. The number of aromatic nitrogens is 4. The summed E-state index contributed by atoms with van der Waals surface area (Å²) in [6, 6.07) is 7.83. The number of para-hydroxylation sites is 1. The maximum Gasteiger partial charge on any atom is 0.238 e. The quantitative estimate of drug-likeness (QED) is 0.754. The zero-order valence-electron chi connectivity index (χ0n) is 15.6. The second kappa shape index (κ2) is 7.32. The number of nitrogens with one attached hydrogen (secondary N) is 1. The minimum atomic E-state index is 0.0226. The number of hydrogen-bond donors (Lipinski definition) is 1. The minimum absolute atomic E-state index is 0.0226. The molecule has 0 unspecified atom stereocenters. The average Bonchev–Trinajstić information content (AvgIpc) is 3.06. The smallest absolute Gasteiger partial charge is 0.238 e. The fourth-order valence-electron chi connectivity index (χ4n) is 3.43. The van der Waals surface area contributed by atoms with Gasteiger partial charge in [-0.2, -0.15) is 5.10 Å². The van der Waals surface area contributed by atoms with Crippen LogP contribution in [0.2, 0.25) is 0 Å². The van der Waals surface area contributed by atoms with Crippen molar-refractivity contribution >= 4 is 28.4 Å². The van der Waals surface area contributed by atoms with E-state index in [2.05, 4.69) is 30.2 Å². The summed E-state index contributed by atoms with van der Waals surface area (Å²) in [4.78, 5) is 25.5. The largest absolute Gasteiger partial charge is 0.353 e. The van der Waals surface area contributed by atoms with Crippen LogP contribution in [0, 0.1) is 6.92 Å². The van der Waals surface area contributed by atoms with Crippen LogP contribution in [0.4, 0.5) is 11.5 Å². The van der Waals surface area contributed by atoms with Crippen LogP contribution in [0.15, 0.2) is 36.8 Å². The first-order valence-electron chi connectivity index (χ1n) is 9.07. The van der Waals surface area contributed by atoms with E-state index >= 15 is 0 Å². The maximum absolute atomic E-state index is 12.4. The fourth-order valence-corrected chi connectivity index (χ4v) is 3.43. The fraction of sp³-hybridized carbons (Fsp3) is 0.368. The van der Waals surface area contributed by atoms with Crippen LogP contribution in [-0.2, 0) is 11.8 Å². The van der Waals surface area contributed by atoms with Gasteiger partial charge in [0.1, 0.15) is 12.1 Å². The van der Waals surface area contributed by atoms with E-state index in [0.717, 1.165) is 54.3 Å². The van der Waals surface area contributed by atoms with Gasteiger partial charge in [0.25, 0.3) is 0 Å². The van der Waals surface area contributed by atoms with E-state index in [1.54, 1.807) is 11.0 Å². The number of fused-ring (bicyclic) bond motifs is 1. The Morgan fingerprint density at radius 1 is 1.15 bits per heavy atom. The third kappa shape index (κ3) is 3.61. The Morgan fingerprint density at radius 2 is 1.93 bits per heavy atom. The Hall–Kier alpha value is -3.00. The molecule has 0 radical (unpaired) electrons. The summed E-state index contributed by atoms with van der Waals surface area (Å²) < 4.78 is 1.76. The number of amides is 1. The number of carbonyl (C=O) groups is 1. The number of nitrogens with zero attached hydrogens (tertiary/aromatic N) is 6. The predicted octanol–water partition coefficient (Wildman–Crippen LogP) is 1.43. The van der Waals surface area contributed by atoms with Gasteiger partial charge >= 0.3 is 0 Å². The monoisotopic (exact) mass is 365 g/mol. The third-order valence-corrected chi connectivity index (χ3v) is 4.97. The molecule has 3 aromatic rings. The van der Waals surface area contributed by atoms with E-state index in [1.165, 1.54) is 0 Å². The van der Waals surface area contributed by atoms with Crippen LogP contribution < -0.4 is 10.2 Å². The second-order valence-corrected chi connectivity index (χ2v) is 6.83. The summed E-state index contributed by atoms with van der Waals surface area (Å²) >= 11 is 0. The standard InChI is InChI=1S/C19H23N7O/c1-14-5-3-4-6-16(14)23-17(27)12-25-7-9-26(10-8-25)19-15-11-22-24(2)18(15)20-13-21-19/h3-6,11,13H,7-10,12H2,1-2H3,(H,23,27). The molecule has 1 N–H and O–H groups in total. The Morgan fingerprint density at radius 3 is 2.70 bits per heavy atom. The lowest BCUT2D eigenvalue weighted by Crippen LogP contribution is -2.49. The predicted molar refractivity (Wildman–Crippen MR) is 105 cm³/mol. The van der Waals surface area contributed by atoms with Crippen molar-refractivity contribution in [2.45, 2.75) is 6.92 Å². The topological polar surface area (TPSA) is 79.2 Å². The lowest BCUT2D eigenvalue weighted by Gasteiger charge is -2.35. The van der Waals surface area contributed by atoms with Crippen molar-refractivity contribution in [2.75, 3.05) is 42.9 Å². The van der Waals surface area contributed by atoms with Crippen molar-refractivity contribution in [1.29, 1.82) is 0 Å². The highest BCUT2D eigenvalue weighted by atomic mass is 16.2. The normalized spacial score (nSPS) is 15.3.